The van der Waals surface area contributed by atoms with Crippen molar-refractivity contribution in [3.05, 3.63) is 0 Å². The van der Waals surface area contributed by atoms with Gasteiger partial charge < -0.3 is 19.6 Å². The average molecular weight is 772 g/mol. The number of aromatic nitrogens is 3. The maximum absolute atomic E-state index is 13.6. The molecule has 0 atom stereocenters. The van der Waals surface area contributed by atoms with E-state index in [0.29, 0.717) is 6.04 Å². The first-order valence-corrected chi connectivity index (χ1v) is 22.5. The summed E-state index contributed by atoms with van der Waals surface area (Å²) in [5.41, 5.74) is -1.70. The van der Waals surface area contributed by atoms with Crippen LogP contribution in [-0.4, -0.2) is 111 Å². The van der Waals surface area contributed by atoms with Crippen LogP contribution in [0.1, 0.15) is 186 Å². The van der Waals surface area contributed by atoms with Crippen LogP contribution in [0.2, 0.25) is 0 Å². The third kappa shape index (κ3) is 13.4. The maximum Gasteiger partial charge on any atom is 0.232 e. The van der Waals surface area contributed by atoms with Crippen LogP contribution < -0.4 is 14.7 Å². The van der Waals surface area contributed by atoms with Gasteiger partial charge in [0.15, 0.2) is 0 Å². The van der Waals surface area contributed by atoms with Gasteiger partial charge in [0.1, 0.15) is 0 Å². The van der Waals surface area contributed by atoms with Crippen molar-refractivity contribution in [2.45, 2.75) is 220 Å². The number of unbranched alkanes of at least 4 members (excludes halogenated alkanes) is 7. The molecule has 0 N–H and O–H groups in total. The number of nitrogens with zero attached hydrogens (tertiary/aromatic N) is 9. The first-order valence-electron chi connectivity index (χ1n) is 22.5. The van der Waals surface area contributed by atoms with Crippen LogP contribution in [0.5, 0.6) is 0 Å². The number of piperidine rings is 2. The Hall–Kier alpha value is -1.79. The molecule has 1 aromatic heterocycles. The predicted molar refractivity (Wildman–Crippen MR) is 230 cm³/mol. The van der Waals surface area contributed by atoms with E-state index in [4.69, 9.17) is 15.0 Å². The molecule has 55 heavy (non-hydrogen) atoms. The Balaban J connectivity index is 1.92. The van der Waals surface area contributed by atoms with E-state index in [-0.39, 0.29) is 17.1 Å². The van der Waals surface area contributed by atoms with E-state index in [0.717, 1.165) is 160 Å². The molecular weight excluding hydrogens is 687 g/mol. The maximum atomic E-state index is 13.6. The third-order valence-corrected chi connectivity index (χ3v) is 12.4. The summed E-state index contributed by atoms with van der Waals surface area (Å²) in [6, 6.07) is 0.558. The molecular formula is C44H85N9O2. The third-order valence-electron chi connectivity index (χ3n) is 12.4. The molecule has 318 valence electrons. The van der Waals surface area contributed by atoms with Crippen LogP contribution in [0, 0.1) is 0 Å². The quantitative estimate of drug-likeness (QED) is 0.0952. The molecule has 2 aliphatic rings. The fourth-order valence-corrected chi connectivity index (χ4v) is 9.35. The fraction of sp³-hybridized carbons (Fsp3) is 0.932. The molecule has 3 heterocycles. The number of hydrogen-bond donors (Lipinski definition) is 0. The molecule has 0 aromatic carbocycles. The van der Waals surface area contributed by atoms with Crippen molar-refractivity contribution in [2.75, 3.05) is 61.0 Å². The van der Waals surface area contributed by atoms with Crippen molar-refractivity contribution in [3.63, 3.8) is 0 Å². The Labute approximate surface area is 338 Å². The molecule has 2 radical (unpaired) electrons. The number of hydroxylamine groups is 4. The molecule has 0 unspecified atom stereocenters. The molecule has 0 amide bonds. The van der Waals surface area contributed by atoms with Gasteiger partial charge in [-0.25, -0.2) is 0 Å². The number of rotatable bonds is 24. The first-order chi connectivity index (χ1) is 25.8. The second-order valence-electron chi connectivity index (χ2n) is 19.7. The molecule has 0 spiro atoms. The molecule has 11 heteroatoms. The standard InChI is InChI=1S/C44H85N9O2/c1-14-18-27-49(28-19-15-2)38-45-39(50(29-20-16-3)30-21-17-4)47-40(46-38)51(37-34-43(9,10)53(55)44(11,12)35-37)31-25-23-22-24-26-48(13)36-32-41(5,6)52(54)42(7,8)33-36/h36-37H,14-35H2,1-13H3. The van der Waals surface area contributed by atoms with Crippen LogP contribution >= 0.6 is 0 Å². The van der Waals surface area contributed by atoms with E-state index in [1.54, 1.807) is 0 Å². The molecule has 3 rings (SSSR count). The van der Waals surface area contributed by atoms with Crippen LogP contribution in [-0.2, 0) is 10.4 Å². The topological polar surface area (TPSA) is 97.9 Å². The van der Waals surface area contributed by atoms with Gasteiger partial charge in [0.05, 0.1) is 0 Å². The predicted octanol–water partition coefficient (Wildman–Crippen LogP) is 9.72. The lowest BCUT2D eigenvalue weighted by Gasteiger charge is -2.52. The van der Waals surface area contributed by atoms with Crippen LogP contribution in [0.25, 0.3) is 0 Å². The zero-order valence-corrected chi connectivity index (χ0v) is 38.1. The SMILES string of the molecule is CCCCN(CCCC)c1nc(N(CCCC)CCCC)nc(N(CCCCCCN(C)C2CC(C)(C)N([O])C(C)(C)C2)C2CC(C)(C)N([O])C(C)(C)C2)n1. The van der Waals surface area contributed by atoms with Gasteiger partial charge in [-0.1, -0.05) is 66.2 Å². The van der Waals surface area contributed by atoms with Gasteiger partial charge >= 0.3 is 0 Å². The van der Waals surface area contributed by atoms with Crippen molar-refractivity contribution in [1.82, 2.24) is 30.0 Å². The van der Waals surface area contributed by atoms with Gasteiger partial charge in [-0.2, -0.15) is 15.0 Å². The molecule has 0 bridgehead atoms. The Bertz CT molecular complexity index is 1170. The lowest BCUT2D eigenvalue weighted by Crippen LogP contribution is -2.62. The summed E-state index contributed by atoms with van der Waals surface area (Å²) >= 11 is 0. The Morgan fingerprint density at radius 3 is 1.16 bits per heavy atom. The summed E-state index contributed by atoms with van der Waals surface area (Å²) in [6.45, 7) is 31.5. The minimum Gasteiger partial charge on any atom is -0.341 e. The monoisotopic (exact) mass is 772 g/mol. The highest BCUT2D eigenvalue weighted by molar-refractivity contribution is 5.47. The largest absolute Gasteiger partial charge is 0.341 e. The summed E-state index contributed by atoms with van der Waals surface area (Å²) in [7, 11) is 2.25. The minimum absolute atomic E-state index is 0.141. The van der Waals surface area contributed by atoms with E-state index in [9.17, 15) is 10.4 Å². The van der Waals surface area contributed by atoms with Crippen molar-refractivity contribution < 1.29 is 10.4 Å². The Morgan fingerprint density at radius 2 is 0.800 bits per heavy atom. The van der Waals surface area contributed by atoms with Crippen molar-refractivity contribution in [2.24, 2.45) is 0 Å². The second-order valence-corrected chi connectivity index (χ2v) is 19.7. The smallest absolute Gasteiger partial charge is 0.232 e. The lowest BCUT2D eigenvalue weighted by atomic mass is 9.78. The molecule has 0 aliphatic carbocycles. The van der Waals surface area contributed by atoms with Crippen molar-refractivity contribution >= 4 is 17.8 Å². The normalized spacial score (nSPS) is 20.3. The Kier molecular flexibility index (Phi) is 18.4. The zero-order valence-electron chi connectivity index (χ0n) is 38.1. The van der Waals surface area contributed by atoms with E-state index in [1.165, 1.54) is 10.1 Å². The first kappa shape index (κ1) is 47.6. The fourth-order valence-electron chi connectivity index (χ4n) is 9.35. The van der Waals surface area contributed by atoms with Gasteiger partial charge in [-0.3, -0.25) is 0 Å². The van der Waals surface area contributed by atoms with Crippen molar-refractivity contribution in [1.29, 1.82) is 0 Å². The van der Waals surface area contributed by atoms with E-state index >= 15 is 0 Å². The van der Waals surface area contributed by atoms with Gasteiger partial charge in [-0.15, -0.1) is 20.5 Å². The van der Waals surface area contributed by atoms with Gasteiger partial charge in [0.2, 0.25) is 17.8 Å². The zero-order chi connectivity index (χ0) is 41.0. The van der Waals surface area contributed by atoms with Crippen LogP contribution in [0.3, 0.4) is 0 Å². The summed E-state index contributed by atoms with van der Waals surface area (Å²) in [6.07, 6.45) is 16.7. The summed E-state index contributed by atoms with van der Waals surface area (Å²) < 4.78 is 0. The molecule has 11 nitrogen and oxygen atoms in total. The van der Waals surface area contributed by atoms with E-state index in [2.05, 4.69) is 110 Å². The van der Waals surface area contributed by atoms with Crippen LogP contribution in [0.4, 0.5) is 17.8 Å². The number of hydrogen-bond acceptors (Lipinski definition) is 9. The summed E-state index contributed by atoms with van der Waals surface area (Å²) in [5.74, 6) is 2.39. The summed E-state index contributed by atoms with van der Waals surface area (Å²) in [5, 5.41) is 29.2. The van der Waals surface area contributed by atoms with Gasteiger partial charge in [0, 0.05) is 67.0 Å². The highest BCUT2D eigenvalue weighted by atomic mass is 16.5. The highest BCUT2D eigenvalue weighted by Gasteiger charge is 2.49. The minimum atomic E-state index is -0.498. The molecule has 2 aliphatic heterocycles. The average Bonchev–Trinajstić information content (AvgIpc) is 3.11. The van der Waals surface area contributed by atoms with E-state index < -0.39 is 11.1 Å². The second kappa shape index (κ2) is 21.3. The molecule has 1 aromatic rings. The molecule has 2 saturated heterocycles. The highest BCUT2D eigenvalue weighted by Crippen LogP contribution is 2.41. The summed E-state index contributed by atoms with van der Waals surface area (Å²) in [4.78, 5) is 25.8. The molecule has 2 fully saturated rings. The molecule has 0 saturated carbocycles. The van der Waals surface area contributed by atoms with Gasteiger partial charge in [0.25, 0.3) is 0 Å². The Morgan fingerprint density at radius 1 is 0.473 bits per heavy atom. The van der Waals surface area contributed by atoms with Gasteiger partial charge in [-0.05, 0) is 133 Å². The van der Waals surface area contributed by atoms with Crippen LogP contribution in [0.15, 0.2) is 0 Å². The van der Waals surface area contributed by atoms with E-state index in [1.807, 2.05) is 0 Å². The lowest BCUT2D eigenvalue weighted by molar-refractivity contribution is -0.294. The van der Waals surface area contributed by atoms with Crippen molar-refractivity contribution in [3.8, 4) is 0 Å². The number of anilines is 3.